The van der Waals surface area contributed by atoms with Crippen molar-refractivity contribution >= 4 is 27.7 Å². The summed E-state index contributed by atoms with van der Waals surface area (Å²) in [5.74, 6) is 5.93. The number of hydrogen-bond acceptors (Lipinski definition) is 6. The van der Waals surface area contributed by atoms with Crippen molar-refractivity contribution in [3.05, 3.63) is 24.3 Å². The predicted octanol–water partition coefficient (Wildman–Crippen LogP) is 2.50. The molecular formula is C19H28N2O5S2. The van der Waals surface area contributed by atoms with Gasteiger partial charge in [-0.3, -0.25) is 10.0 Å². The zero-order valence-corrected chi connectivity index (χ0v) is 18.5. The van der Waals surface area contributed by atoms with Gasteiger partial charge in [-0.1, -0.05) is 12.8 Å². The van der Waals surface area contributed by atoms with Gasteiger partial charge in [0.1, 0.15) is 18.4 Å². The normalized spacial score (nSPS) is 12.8. The van der Waals surface area contributed by atoms with E-state index in [-0.39, 0.29) is 11.5 Å². The minimum Gasteiger partial charge on any atom is -0.481 e. The summed E-state index contributed by atoms with van der Waals surface area (Å²) in [5.41, 5.74) is 1.60. The van der Waals surface area contributed by atoms with E-state index in [2.05, 4.69) is 11.8 Å². The van der Waals surface area contributed by atoms with Crippen molar-refractivity contribution in [1.29, 1.82) is 0 Å². The van der Waals surface area contributed by atoms with Gasteiger partial charge in [-0.25, -0.2) is 13.9 Å². The number of carbonyl (C=O) groups excluding carboxylic acids is 1. The Kier molecular flexibility index (Phi) is 9.30. The summed E-state index contributed by atoms with van der Waals surface area (Å²) >= 11 is 1.47. The molecule has 0 aliphatic heterocycles. The number of nitrogens with zero attached hydrogens (tertiary/aromatic N) is 1. The first-order valence-electron chi connectivity index (χ1n) is 8.80. The Morgan fingerprint density at radius 1 is 1.36 bits per heavy atom. The highest BCUT2D eigenvalue weighted by molar-refractivity contribution is 8.00. The summed E-state index contributed by atoms with van der Waals surface area (Å²) in [5, 5.41) is 9.16. The SMILES string of the molecule is CC#CCOc1ccc(S(=O)(=O)N(C)C(C(=O)NO)C(C)(C)SCCC)cc1. The van der Waals surface area contributed by atoms with Crippen LogP contribution in [-0.2, 0) is 14.8 Å². The number of ether oxygens (including phenoxy) is 1. The maximum absolute atomic E-state index is 13.1. The molecule has 0 aromatic heterocycles. The standard InChI is InChI=1S/C19H28N2O5S2/c1-6-8-13-26-15-9-11-16(12-10-15)28(24,25)21(5)17(18(22)20-23)19(3,4)27-14-7-2/h9-12,17,23H,7,13-14H2,1-5H3,(H,20,22). The number of nitrogens with one attached hydrogen (secondary N) is 1. The first-order chi connectivity index (χ1) is 13.1. The van der Waals surface area contributed by atoms with Gasteiger partial charge in [0.15, 0.2) is 0 Å². The van der Waals surface area contributed by atoms with E-state index in [0.717, 1.165) is 16.5 Å². The van der Waals surface area contributed by atoms with Gasteiger partial charge in [0, 0.05) is 11.8 Å². The summed E-state index contributed by atoms with van der Waals surface area (Å²) in [7, 11) is -2.64. The van der Waals surface area contributed by atoms with Crippen LogP contribution in [-0.4, -0.2) is 54.0 Å². The summed E-state index contributed by atoms with van der Waals surface area (Å²) in [4.78, 5) is 12.4. The van der Waals surface area contributed by atoms with Gasteiger partial charge in [-0.05, 0) is 57.2 Å². The Labute approximate surface area is 171 Å². The van der Waals surface area contributed by atoms with Crippen molar-refractivity contribution in [2.45, 2.75) is 49.8 Å². The fraction of sp³-hybridized carbons (Fsp3) is 0.526. The van der Waals surface area contributed by atoms with Gasteiger partial charge in [0.05, 0.1) is 4.90 Å². The number of rotatable bonds is 10. The van der Waals surface area contributed by atoms with Crippen molar-refractivity contribution in [2.75, 3.05) is 19.4 Å². The van der Waals surface area contributed by atoms with Crippen molar-refractivity contribution in [3.63, 3.8) is 0 Å². The molecule has 1 amide bonds. The third kappa shape index (κ3) is 6.14. The van der Waals surface area contributed by atoms with E-state index in [4.69, 9.17) is 9.94 Å². The summed E-state index contributed by atoms with van der Waals surface area (Å²) < 4.78 is 31.8. The van der Waals surface area contributed by atoms with Gasteiger partial charge in [0.2, 0.25) is 10.0 Å². The van der Waals surface area contributed by atoms with E-state index in [0.29, 0.717) is 5.75 Å². The zero-order chi connectivity index (χ0) is 21.4. The topological polar surface area (TPSA) is 95.9 Å². The van der Waals surface area contributed by atoms with Crippen LogP contribution in [0.5, 0.6) is 5.75 Å². The van der Waals surface area contributed by atoms with Crippen LogP contribution in [0.3, 0.4) is 0 Å². The monoisotopic (exact) mass is 428 g/mol. The predicted molar refractivity (Wildman–Crippen MR) is 111 cm³/mol. The van der Waals surface area contributed by atoms with Gasteiger partial charge in [0.25, 0.3) is 5.91 Å². The van der Waals surface area contributed by atoms with Crippen LogP contribution in [0, 0.1) is 11.8 Å². The fourth-order valence-electron chi connectivity index (χ4n) is 2.63. The molecule has 9 heteroatoms. The lowest BCUT2D eigenvalue weighted by atomic mass is 10.0. The Morgan fingerprint density at radius 3 is 2.46 bits per heavy atom. The molecular weight excluding hydrogens is 400 g/mol. The average molecular weight is 429 g/mol. The smallest absolute Gasteiger partial charge is 0.263 e. The quantitative estimate of drug-likeness (QED) is 0.338. The first kappa shape index (κ1) is 24.3. The lowest BCUT2D eigenvalue weighted by Gasteiger charge is -2.37. The largest absolute Gasteiger partial charge is 0.481 e. The van der Waals surface area contributed by atoms with Crippen molar-refractivity contribution in [2.24, 2.45) is 0 Å². The molecule has 0 spiro atoms. The summed E-state index contributed by atoms with van der Waals surface area (Å²) in [6.07, 6.45) is 0.877. The molecule has 1 unspecified atom stereocenters. The number of benzene rings is 1. The molecule has 0 aliphatic rings. The Bertz CT molecular complexity index is 811. The molecule has 28 heavy (non-hydrogen) atoms. The Morgan fingerprint density at radius 2 is 1.96 bits per heavy atom. The van der Waals surface area contributed by atoms with Gasteiger partial charge >= 0.3 is 0 Å². The number of thioether (sulfide) groups is 1. The number of hydrogen-bond donors (Lipinski definition) is 2. The maximum Gasteiger partial charge on any atom is 0.263 e. The fourth-order valence-corrected chi connectivity index (χ4v) is 5.30. The Hall–Kier alpha value is -1.73. The van der Waals surface area contributed by atoms with E-state index >= 15 is 0 Å². The average Bonchev–Trinajstić information content (AvgIpc) is 2.66. The second kappa shape index (κ2) is 10.7. The molecule has 1 aromatic carbocycles. The van der Waals surface area contributed by atoms with Gasteiger partial charge < -0.3 is 4.74 Å². The van der Waals surface area contributed by atoms with Crippen LogP contribution in [0.25, 0.3) is 0 Å². The highest BCUT2D eigenvalue weighted by Crippen LogP contribution is 2.34. The highest BCUT2D eigenvalue weighted by atomic mass is 32.2. The van der Waals surface area contributed by atoms with E-state index in [1.165, 1.54) is 43.1 Å². The molecule has 0 saturated heterocycles. The Balaban J connectivity index is 3.17. The molecule has 0 aliphatic carbocycles. The minimum absolute atomic E-state index is 0.0240. The van der Waals surface area contributed by atoms with E-state index in [9.17, 15) is 13.2 Å². The maximum atomic E-state index is 13.1. The molecule has 0 heterocycles. The second-order valence-electron chi connectivity index (χ2n) is 6.54. The third-order valence-electron chi connectivity index (χ3n) is 4.05. The molecule has 0 saturated carbocycles. The molecule has 0 bridgehead atoms. The lowest BCUT2D eigenvalue weighted by molar-refractivity contribution is -0.133. The second-order valence-corrected chi connectivity index (χ2v) is 10.3. The number of hydroxylamine groups is 1. The lowest BCUT2D eigenvalue weighted by Crippen LogP contribution is -2.56. The molecule has 0 radical (unpaired) electrons. The molecule has 156 valence electrons. The zero-order valence-electron chi connectivity index (χ0n) is 16.9. The number of carbonyl (C=O) groups is 1. The van der Waals surface area contributed by atoms with Crippen LogP contribution < -0.4 is 10.2 Å². The van der Waals surface area contributed by atoms with E-state index in [1.807, 2.05) is 6.92 Å². The van der Waals surface area contributed by atoms with Crippen LogP contribution >= 0.6 is 11.8 Å². The number of likely N-dealkylation sites (N-methyl/N-ethyl adjacent to an activating group) is 1. The summed E-state index contributed by atoms with van der Waals surface area (Å²) in [6.45, 7) is 7.48. The number of amides is 1. The third-order valence-corrected chi connectivity index (χ3v) is 7.46. The number of sulfonamides is 1. The highest BCUT2D eigenvalue weighted by Gasteiger charge is 2.43. The molecule has 1 aromatic rings. The molecule has 1 rings (SSSR count). The van der Waals surface area contributed by atoms with E-state index in [1.54, 1.807) is 26.3 Å². The summed E-state index contributed by atoms with van der Waals surface area (Å²) in [6, 6.07) is 4.81. The molecule has 0 fully saturated rings. The van der Waals surface area contributed by atoms with Crippen LogP contribution in [0.15, 0.2) is 29.2 Å². The van der Waals surface area contributed by atoms with Crippen LogP contribution in [0.4, 0.5) is 0 Å². The van der Waals surface area contributed by atoms with Crippen LogP contribution in [0.1, 0.15) is 34.1 Å². The molecule has 2 N–H and O–H groups in total. The molecule has 7 nitrogen and oxygen atoms in total. The molecule has 1 atom stereocenters. The van der Waals surface area contributed by atoms with Gasteiger partial charge in [-0.15, -0.1) is 5.92 Å². The van der Waals surface area contributed by atoms with Crippen LogP contribution in [0.2, 0.25) is 0 Å². The first-order valence-corrected chi connectivity index (χ1v) is 11.2. The van der Waals surface area contributed by atoms with Gasteiger partial charge in [-0.2, -0.15) is 16.1 Å². The van der Waals surface area contributed by atoms with Crippen molar-refractivity contribution < 1.29 is 23.2 Å². The van der Waals surface area contributed by atoms with E-state index < -0.39 is 26.7 Å². The van der Waals surface area contributed by atoms with Crippen molar-refractivity contribution in [1.82, 2.24) is 9.79 Å². The minimum atomic E-state index is -3.98. The van der Waals surface area contributed by atoms with Crippen molar-refractivity contribution in [3.8, 4) is 17.6 Å².